The van der Waals surface area contributed by atoms with Gasteiger partial charge in [0.15, 0.2) is 0 Å². The maximum atomic E-state index is 6.27. The molecule has 0 amide bonds. The third-order valence-corrected chi connectivity index (χ3v) is 4.19. The quantitative estimate of drug-likeness (QED) is 0.907. The topological polar surface area (TPSA) is 29.3 Å². The molecule has 2 unspecified atom stereocenters. The van der Waals surface area contributed by atoms with Crippen LogP contribution in [0.2, 0.25) is 5.02 Å². The minimum atomic E-state index is 0.351. The minimum absolute atomic E-state index is 0.351. The summed E-state index contributed by atoms with van der Waals surface area (Å²) in [6, 6.07) is 8.08. The summed E-state index contributed by atoms with van der Waals surface area (Å²) in [5.74, 6) is 1.16. The van der Waals surface area contributed by atoms with Crippen LogP contribution in [0.5, 0.6) is 0 Å². The summed E-state index contributed by atoms with van der Waals surface area (Å²) in [7, 11) is 0. The molecule has 3 heteroatoms. The van der Waals surface area contributed by atoms with Crippen LogP contribution >= 0.6 is 11.6 Å². The van der Waals surface area contributed by atoms with Crippen LogP contribution in [-0.4, -0.2) is 31.1 Å². The molecule has 2 nitrogen and oxygen atoms in total. The Hall–Kier alpha value is -0.570. The molecule has 1 aliphatic rings. The van der Waals surface area contributed by atoms with Gasteiger partial charge in [-0.2, -0.15) is 0 Å². The standard InChI is InChI=1S/C15H23ClN2/c1-12-5-4-8-18(10-12)11-13(9-17)14-6-2-3-7-15(14)16/h2-3,6-7,12-13H,4-5,8-11,17H2,1H3. The molecule has 0 aromatic heterocycles. The van der Waals surface area contributed by atoms with Gasteiger partial charge in [-0.1, -0.05) is 36.7 Å². The second kappa shape index (κ2) is 6.55. The van der Waals surface area contributed by atoms with Crippen molar-refractivity contribution >= 4 is 11.6 Å². The maximum Gasteiger partial charge on any atom is 0.0441 e. The minimum Gasteiger partial charge on any atom is -0.330 e. The van der Waals surface area contributed by atoms with Crippen molar-refractivity contribution in [2.75, 3.05) is 26.2 Å². The summed E-state index contributed by atoms with van der Waals surface area (Å²) >= 11 is 6.27. The van der Waals surface area contributed by atoms with Gasteiger partial charge in [0.1, 0.15) is 0 Å². The van der Waals surface area contributed by atoms with Gasteiger partial charge in [-0.3, -0.25) is 0 Å². The van der Waals surface area contributed by atoms with Crippen molar-refractivity contribution in [2.24, 2.45) is 11.7 Å². The van der Waals surface area contributed by atoms with E-state index in [0.717, 1.165) is 17.5 Å². The van der Waals surface area contributed by atoms with Gasteiger partial charge in [-0.15, -0.1) is 0 Å². The van der Waals surface area contributed by atoms with E-state index in [1.54, 1.807) is 0 Å². The first-order chi connectivity index (χ1) is 8.70. The normalized spacial score (nSPS) is 22.9. The lowest BCUT2D eigenvalue weighted by Crippen LogP contribution is -2.38. The van der Waals surface area contributed by atoms with Gasteiger partial charge in [-0.05, 0) is 36.9 Å². The second-order valence-electron chi connectivity index (χ2n) is 5.46. The molecule has 2 rings (SSSR count). The molecule has 100 valence electrons. The molecule has 1 heterocycles. The first-order valence-corrected chi connectivity index (χ1v) is 7.25. The number of nitrogens with zero attached hydrogens (tertiary/aromatic N) is 1. The van der Waals surface area contributed by atoms with Crippen molar-refractivity contribution in [3.63, 3.8) is 0 Å². The molecule has 1 aromatic carbocycles. The monoisotopic (exact) mass is 266 g/mol. The van der Waals surface area contributed by atoms with Crippen LogP contribution < -0.4 is 5.73 Å². The lowest BCUT2D eigenvalue weighted by Gasteiger charge is -2.33. The number of hydrogen-bond acceptors (Lipinski definition) is 2. The predicted molar refractivity (Wildman–Crippen MR) is 78.1 cm³/mol. The van der Waals surface area contributed by atoms with Gasteiger partial charge in [0.2, 0.25) is 0 Å². The number of piperidine rings is 1. The molecule has 1 saturated heterocycles. The molecule has 0 saturated carbocycles. The average Bonchev–Trinajstić information content (AvgIpc) is 2.37. The predicted octanol–water partition coefficient (Wildman–Crippen LogP) is 3.11. The summed E-state index contributed by atoms with van der Waals surface area (Å²) in [4.78, 5) is 2.54. The fraction of sp³-hybridized carbons (Fsp3) is 0.600. The van der Waals surface area contributed by atoms with Crippen molar-refractivity contribution in [3.05, 3.63) is 34.9 Å². The van der Waals surface area contributed by atoms with Crippen LogP contribution in [-0.2, 0) is 0 Å². The third-order valence-electron chi connectivity index (χ3n) is 3.85. The van der Waals surface area contributed by atoms with Crippen molar-refractivity contribution in [3.8, 4) is 0 Å². The highest BCUT2D eigenvalue weighted by molar-refractivity contribution is 6.31. The van der Waals surface area contributed by atoms with Gasteiger partial charge >= 0.3 is 0 Å². The highest BCUT2D eigenvalue weighted by atomic mass is 35.5. The van der Waals surface area contributed by atoms with Gasteiger partial charge in [0.05, 0.1) is 0 Å². The molecular weight excluding hydrogens is 244 g/mol. The van der Waals surface area contributed by atoms with E-state index in [0.29, 0.717) is 12.5 Å². The molecule has 0 bridgehead atoms. The Morgan fingerprint density at radius 2 is 2.22 bits per heavy atom. The highest BCUT2D eigenvalue weighted by Gasteiger charge is 2.21. The lowest BCUT2D eigenvalue weighted by molar-refractivity contribution is 0.175. The zero-order valence-electron chi connectivity index (χ0n) is 11.1. The molecule has 2 atom stereocenters. The van der Waals surface area contributed by atoms with E-state index >= 15 is 0 Å². The van der Waals surface area contributed by atoms with Crippen LogP contribution in [0.3, 0.4) is 0 Å². The average molecular weight is 267 g/mol. The summed E-state index contributed by atoms with van der Waals surface area (Å²) in [5, 5.41) is 0.845. The first-order valence-electron chi connectivity index (χ1n) is 6.87. The SMILES string of the molecule is CC1CCCN(CC(CN)c2ccccc2Cl)C1. The van der Waals surface area contributed by atoms with E-state index in [1.165, 1.54) is 31.5 Å². The van der Waals surface area contributed by atoms with E-state index in [1.807, 2.05) is 18.2 Å². The van der Waals surface area contributed by atoms with Crippen molar-refractivity contribution in [2.45, 2.75) is 25.7 Å². The molecule has 18 heavy (non-hydrogen) atoms. The molecule has 1 aliphatic heterocycles. The van der Waals surface area contributed by atoms with Gasteiger partial charge in [-0.25, -0.2) is 0 Å². The summed E-state index contributed by atoms with van der Waals surface area (Å²) in [6.07, 6.45) is 2.66. The van der Waals surface area contributed by atoms with Crippen LogP contribution in [0.4, 0.5) is 0 Å². The van der Waals surface area contributed by atoms with Crippen molar-refractivity contribution in [1.29, 1.82) is 0 Å². The van der Waals surface area contributed by atoms with Crippen LogP contribution in [0, 0.1) is 5.92 Å². The van der Waals surface area contributed by atoms with Crippen molar-refractivity contribution < 1.29 is 0 Å². The number of hydrogen-bond donors (Lipinski definition) is 1. The lowest BCUT2D eigenvalue weighted by atomic mass is 9.95. The van der Waals surface area contributed by atoms with Crippen LogP contribution in [0.1, 0.15) is 31.2 Å². The Morgan fingerprint density at radius 1 is 1.44 bits per heavy atom. The zero-order valence-corrected chi connectivity index (χ0v) is 11.9. The second-order valence-corrected chi connectivity index (χ2v) is 5.87. The Balaban J connectivity index is 2.03. The molecular formula is C15H23ClN2. The van der Waals surface area contributed by atoms with E-state index in [2.05, 4.69) is 17.9 Å². The number of rotatable bonds is 4. The molecule has 1 fully saturated rings. The van der Waals surface area contributed by atoms with E-state index in [9.17, 15) is 0 Å². The van der Waals surface area contributed by atoms with E-state index in [4.69, 9.17) is 17.3 Å². The molecule has 2 N–H and O–H groups in total. The molecule has 0 aliphatic carbocycles. The van der Waals surface area contributed by atoms with Crippen LogP contribution in [0.25, 0.3) is 0 Å². The summed E-state index contributed by atoms with van der Waals surface area (Å²) in [6.45, 7) is 6.42. The van der Waals surface area contributed by atoms with Gasteiger partial charge in [0.25, 0.3) is 0 Å². The molecule has 0 radical (unpaired) electrons. The third kappa shape index (κ3) is 3.47. The number of nitrogens with two attached hydrogens (primary N) is 1. The van der Waals surface area contributed by atoms with Crippen molar-refractivity contribution in [1.82, 2.24) is 4.90 Å². The van der Waals surface area contributed by atoms with Gasteiger partial charge < -0.3 is 10.6 Å². The Bertz CT molecular complexity index is 381. The van der Waals surface area contributed by atoms with Crippen LogP contribution in [0.15, 0.2) is 24.3 Å². The fourth-order valence-corrected chi connectivity index (χ4v) is 3.16. The van der Waals surface area contributed by atoms with E-state index in [-0.39, 0.29) is 0 Å². The highest BCUT2D eigenvalue weighted by Crippen LogP contribution is 2.26. The largest absolute Gasteiger partial charge is 0.330 e. The fourth-order valence-electron chi connectivity index (χ4n) is 2.87. The Morgan fingerprint density at radius 3 is 2.89 bits per heavy atom. The van der Waals surface area contributed by atoms with Gasteiger partial charge in [0, 0.05) is 30.6 Å². The molecule has 1 aromatic rings. The summed E-state index contributed by atoms with van der Waals surface area (Å²) in [5.41, 5.74) is 7.13. The number of benzene rings is 1. The number of halogens is 1. The Kier molecular flexibility index (Phi) is 5.04. The van der Waals surface area contributed by atoms with E-state index < -0.39 is 0 Å². The molecule has 0 spiro atoms. The maximum absolute atomic E-state index is 6.27. The summed E-state index contributed by atoms with van der Waals surface area (Å²) < 4.78 is 0. The smallest absolute Gasteiger partial charge is 0.0441 e. The zero-order chi connectivity index (χ0) is 13.0. The first kappa shape index (κ1) is 13.9. The number of likely N-dealkylation sites (tertiary alicyclic amines) is 1. The Labute approximate surface area is 115 Å².